The fraction of sp³-hybridized carbons (Fsp3) is 0.217. The minimum atomic E-state index is -4.74. The fourth-order valence-corrected chi connectivity index (χ4v) is 4.02. The number of halogens is 3. The summed E-state index contributed by atoms with van der Waals surface area (Å²) in [5, 5.41) is 6.23. The summed E-state index contributed by atoms with van der Waals surface area (Å²) in [6.45, 7) is 3.66. The van der Waals surface area contributed by atoms with E-state index in [4.69, 9.17) is 4.74 Å². The van der Waals surface area contributed by atoms with E-state index in [1.807, 2.05) is 43.5 Å². The van der Waals surface area contributed by atoms with Gasteiger partial charge in [-0.05, 0) is 67.3 Å². The number of carbonyl (C=O) groups excluding carboxylic acids is 1. The Bertz CT molecular complexity index is 1150. The number of anilines is 2. The van der Waals surface area contributed by atoms with Crippen molar-refractivity contribution in [2.24, 2.45) is 4.99 Å². The van der Waals surface area contributed by atoms with E-state index in [1.165, 1.54) is 35.6 Å². The molecule has 11 heteroatoms. The van der Waals surface area contributed by atoms with Crippen LogP contribution < -0.4 is 20.5 Å². The van der Waals surface area contributed by atoms with E-state index >= 15 is 0 Å². The van der Waals surface area contributed by atoms with Gasteiger partial charge in [-0.15, -0.1) is 24.5 Å². The molecule has 2 aromatic carbocycles. The summed E-state index contributed by atoms with van der Waals surface area (Å²) < 4.78 is 46.3. The van der Waals surface area contributed by atoms with Crippen LogP contribution in [-0.2, 0) is 10.4 Å². The Kier molecular flexibility index (Phi) is 6.49. The molecule has 4 rings (SSSR count). The van der Waals surface area contributed by atoms with Gasteiger partial charge in [-0.25, -0.2) is 9.79 Å². The maximum Gasteiger partial charge on any atom is 0.573 e. The van der Waals surface area contributed by atoms with Crippen LogP contribution in [0.25, 0.3) is 0 Å². The molecule has 2 heterocycles. The second kappa shape index (κ2) is 9.35. The molecule has 2 N–H and O–H groups in total. The second-order valence-corrected chi connectivity index (χ2v) is 8.58. The van der Waals surface area contributed by atoms with Gasteiger partial charge in [0.2, 0.25) is 0 Å². The van der Waals surface area contributed by atoms with E-state index in [0.717, 1.165) is 10.4 Å². The van der Waals surface area contributed by atoms with Crippen molar-refractivity contribution in [1.82, 2.24) is 5.43 Å². The molecular formula is C23H21F3N4O3S. The van der Waals surface area contributed by atoms with Crippen molar-refractivity contribution in [1.29, 1.82) is 0 Å². The van der Waals surface area contributed by atoms with Crippen molar-refractivity contribution in [3.63, 3.8) is 0 Å². The largest absolute Gasteiger partial charge is 0.573 e. The van der Waals surface area contributed by atoms with Crippen molar-refractivity contribution >= 4 is 35.1 Å². The highest BCUT2D eigenvalue weighted by atomic mass is 32.1. The zero-order valence-electron chi connectivity index (χ0n) is 18.2. The molecule has 2 unspecified atom stereocenters. The van der Waals surface area contributed by atoms with E-state index in [9.17, 15) is 18.0 Å². The quantitative estimate of drug-likeness (QED) is 0.432. The number of hydrogen-bond acceptors (Lipinski definition) is 7. The third-order valence-electron chi connectivity index (χ3n) is 5.04. The first-order valence-corrected chi connectivity index (χ1v) is 11.1. The molecule has 1 aliphatic rings. The number of nitrogens with zero attached hydrogens (tertiary/aromatic N) is 2. The number of amides is 1. The number of hydrazine groups is 1. The van der Waals surface area contributed by atoms with Gasteiger partial charge in [0.05, 0.1) is 5.69 Å². The Labute approximate surface area is 197 Å². The SMILES string of the molecule is CC(OC(=O)Nc1ccc(C2(C)N=CN(c3ccc(OC(F)(F)F)cc3)N2)cc1)c1cccs1. The van der Waals surface area contributed by atoms with Crippen LogP contribution in [-0.4, -0.2) is 18.8 Å². The van der Waals surface area contributed by atoms with E-state index in [1.54, 1.807) is 23.5 Å². The highest BCUT2D eigenvalue weighted by Gasteiger charge is 2.33. The van der Waals surface area contributed by atoms with Crippen molar-refractivity contribution in [2.75, 3.05) is 10.3 Å². The number of alkyl halides is 3. The van der Waals surface area contributed by atoms with Gasteiger partial charge >= 0.3 is 12.5 Å². The van der Waals surface area contributed by atoms with Crippen LogP contribution >= 0.6 is 11.3 Å². The summed E-state index contributed by atoms with van der Waals surface area (Å²) in [5.41, 5.74) is 4.36. The van der Waals surface area contributed by atoms with Gasteiger partial charge < -0.3 is 9.47 Å². The second-order valence-electron chi connectivity index (χ2n) is 7.61. The van der Waals surface area contributed by atoms with Gasteiger partial charge in [0, 0.05) is 10.6 Å². The van der Waals surface area contributed by atoms with Crippen molar-refractivity contribution in [3.05, 3.63) is 76.5 Å². The lowest BCUT2D eigenvalue weighted by molar-refractivity contribution is -0.274. The normalized spacial score (nSPS) is 18.6. The highest BCUT2D eigenvalue weighted by molar-refractivity contribution is 7.10. The molecule has 0 saturated carbocycles. The lowest BCUT2D eigenvalue weighted by Crippen LogP contribution is -2.43. The Morgan fingerprint density at radius 1 is 1.15 bits per heavy atom. The zero-order chi connectivity index (χ0) is 24.3. The fourth-order valence-electron chi connectivity index (χ4n) is 3.31. The summed E-state index contributed by atoms with van der Waals surface area (Å²) in [7, 11) is 0. The first-order chi connectivity index (χ1) is 16.1. The van der Waals surface area contributed by atoms with Crippen molar-refractivity contribution < 1.29 is 27.4 Å². The highest BCUT2D eigenvalue weighted by Crippen LogP contribution is 2.31. The standard InChI is InChI=1S/C23H21F3N4O3S/c1-15(20-4-3-13-34-20)32-21(31)28-17-7-5-16(6-8-17)22(2)27-14-30(29-22)18-9-11-19(12-10-18)33-23(24,25)26/h3-15,29H,1-2H3,(H,28,31). The van der Waals surface area contributed by atoms with Gasteiger partial charge in [-0.3, -0.25) is 10.3 Å². The van der Waals surface area contributed by atoms with E-state index in [-0.39, 0.29) is 11.9 Å². The molecule has 0 spiro atoms. The number of rotatable bonds is 6. The Balaban J connectivity index is 1.35. The molecule has 178 valence electrons. The van der Waals surface area contributed by atoms with Crippen LogP contribution in [0.2, 0.25) is 0 Å². The number of hydrogen-bond donors (Lipinski definition) is 2. The summed E-state index contributed by atoms with van der Waals surface area (Å²) in [4.78, 5) is 17.6. The van der Waals surface area contributed by atoms with Crippen LogP contribution in [0.15, 0.2) is 71.0 Å². The third-order valence-corrected chi connectivity index (χ3v) is 6.07. The minimum Gasteiger partial charge on any atom is -0.441 e. The molecular weight excluding hydrogens is 469 g/mol. The van der Waals surface area contributed by atoms with Gasteiger partial charge in [-0.2, -0.15) is 5.43 Å². The van der Waals surface area contributed by atoms with Crippen molar-refractivity contribution in [3.8, 4) is 5.75 Å². The Hall–Kier alpha value is -3.57. The number of nitrogens with one attached hydrogen (secondary N) is 2. The first-order valence-electron chi connectivity index (χ1n) is 10.2. The Morgan fingerprint density at radius 2 is 1.85 bits per heavy atom. The first kappa shape index (κ1) is 23.6. The van der Waals surface area contributed by atoms with Crippen LogP contribution in [0, 0.1) is 0 Å². The number of aliphatic imine (C=N–C) groups is 1. The van der Waals surface area contributed by atoms with E-state index in [2.05, 4.69) is 20.5 Å². The molecule has 0 fully saturated rings. The molecule has 0 saturated heterocycles. The molecule has 0 bridgehead atoms. The molecule has 0 aliphatic carbocycles. The van der Waals surface area contributed by atoms with E-state index in [0.29, 0.717) is 11.4 Å². The smallest absolute Gasteiger partial charge is 0.441 e. The number of thiophene rings is 1. The number of carbonyl (C=O) groups is 1. The molecule has 1 aromatic heterocycles. The number of ether oxygens (including phenoxy) is 2. The molecule has 2 atom stereocenters. The molecule has 7 nitrogen and oxygen atoms in total. The van der Waals surface area contributed by atoms with Crippen LogP contribution in [0.5, 0.6) is 5.75 Å². The van der Waals surface area contributed by atoms with Gasteiger partial charge in [0.15, 0.2) is 5.66 Å². The summed E-state index contributed by atoms with van der Waals surface area (Å²) in [5.74, 6) is -0.304. The predicted molar refractivity (Wildman–Crippen MR) is 124 cm³/mol. The van der Waals surface area contributed by atoms with Gasteiger partial charge in [0.1, 0.15) is 18.2 Å². The molecule has 3 aromatic rings. The zero-order valence-corrected chi connectivity index (χ0v) is 19.0. The predicted octanol–water partition coefficient (Wildman–Crippen LogP) is 6.18. The van der Waals surface area contributed by atoms with Gasteiger partial charge in [-0.1, -0.05) is 18.2 Å². The molecule has 0 radical (unpaired) electrons. The monoisotopic (exact) mass is 490 g/mol. The minimum absolute atomic E-state index is 0.304. The molecule has 34 heavy (non-hydrogen) atoms. The lowest BCUT2D eigenvalue weighted by Gasteiger charge is -2.26. The topological polar surface area (TPSA) is 75.2 Å². The average Bonchev–Trinajstić information content (AvgIpc) is 3.45. The average molecular weight is 491 g/mol. The van der Waals surface area contributed by atoms with Crippen LogP contribution in [0.1, 0.15) is 30.4 Å². The van der Waals surface area contributed by atoms with Crippen molar-refractivity contribution in [2.45, 2.75) is 32.0 Å². The molecule has 1 aliphatic heterocycles. The summed E-state index contributed by atoms with van der Waals surface area (Å²) in [6.07, 6.45) is -4.10. The Morgan fingerprint density at radius 3 is 2.47 bits per heavy atom. The van der Waals surface area contributed by atoms with E-state index < -0.39 is 18.1 Å². The van der Waals surface area contributed by atoms with Crippen LogP contribution in [0.3, 0.4) is 0 Å². The summed E-state index contributed by atoms with van der Waals surface area (Å²) in [6, 6.07) is 16.3. The lowest BCUT2D eigenvalue weighted by atomic mass is 10.0. The van der Waals surface area contributed by atoms with Crippen LogP contribution in [0.4, 0.5) is 29.3 Å². The third kappa shape index (κ3) is 5.67. The summed E-state index contributed by atoms with van der Waals surface area (Å²) >= 11 is 1.52. The maximum atomic E-state index is 12.3. The maximum absolute atomic E-state index is 12.3. The molecule has 1 amide bonds. The van der Waals surface area contributed by atoms with Gasteiger partial charge in [0.25, 0.3) is 0 Å². The number of benzene rings is 2.